The number of ether oxygens (including phenoxy) is 1. The van der Waals surface area contributed by atoms with E-state index in [9.17, 15) is 4.79 Å². The summed E-state index contributed by atoms with van der Waals surface area (Å²) in [7, 11) is 1.62. The van der Waals surface area contributed by atoms with Gasteiger partial charge in [0.2, 0.25) is 5.91 Å². The summed E-state index contributed by atoms with van der Waals surface area (Å²) in [4.78, 5) is 17.4. The van der Waals surface area contributed by atoms with Crippen molar-refractivity contribution in [3.63, 3.8) is 0 Å². The molecule has 1 N–H and O–H groups in total. The average molecular weight is 440 g/mol. The van der Waals surface area contributed by atoms with E-state index in [1.807, 2.05) is 59.2 Å². The number of carbonyl (C=O) groups is 1. The van der Waals surface area contributed by atoms with Gasteiger partial charge in [0.1, 0.15) is 18.1 Å². The van der Waals surface area contributed by atoms with Crippen molar-refractivity contribution in [1.82, 2.24) is 14.9 Å². The van der Waals surface area contributed by atoms with Crippen LogP contribution in [0.2, 0.25) is 10.0 Å². The molecule has 7 heteroatoms. The maximum Gasteiger partial charge on any atom is 0.240 e. The zero-order valence-corrected chi connectivity index (χ0v) is 17.7. The molecule has 1 heterocycles. The van der Waals surface area contributed by atoms with E-state index < -0.39 is 0 Å². The highest BCUT2D eigenvalue weighted by atomic mass is 35.5. The Hall–Kier alpha value is -3.02. The number of hydrogen-bond acceptors (Lipinski definition) is 3. The first-order valence-corrected chi connectivity index (χ1v) is 10.1. The van der Waals surface area contributed by atoms with Crippen LogP contribution in [0.4, 0.5) is 0 Å². The van der Waals surface area contributed by atoms with Gasteiger partial charge in [0.05, 0.1) is 23.2 Å². The minimum atomic E-state index is -0.125. The second-order valence-electron chi connectivity index (χ2n) is 6.76. The van der Waals surface area contributed by atoms with Gasteiger partial charge in [0.15, 0.2) is 0 Å². The molecule has 0 radical (unpaired) electrons. The van der Waals surface area contributed by atoms with Gasteiger partial charge in [-0.25, -0.2) is 4.98 Å². The molecule has 0 unspecified atom stereocenters. The third-order valence-electron chi connectivity index (χ3n) is 4.78. The molecular formula is C23H19Cl2N3O2. The van der Waals surface area contributed by atoms with Crippen LogP contribution in [0.1, 0.15) is 5.56 Å². The molecule has 3 aromatic carbocycles. The van der Waals surface area contributed by atoms with Crippen molar-refractivity contribution in [1.29, 1.82) is 0 Å². The number of rotatable bonds is 6. The number of fused-ring (bicyclic) bond motifs is 1. The average Bonchev–Trinajstić information content (AvgIpc) is 3.11. The first-order chi connectivity index (χ1) is 14.5. The maximum atomic E-state index is 12.7. The van der Waals surface area contributed by atoms with Crippen molar-refractivity contribution in [3.8, 4) is 17.1 Å². The maximum absolute atomic E-state index is 12.7. The monoisotopic (exact) mass is 439 g/mol. The van der Waals surface area contributed by atoms with Crippen molar-refractivity contribution < 1.29 is 9.53 Å². The number of amides is 1. The summed E-state index contributed by atoms with van der Waals surface area (Å²) in [6, 6.07) is 20.5. The number of para-hydroxylation sites is 2. The lowest BCUT2D eigenvalue weighted by atomic mass is 10.2. The highest BCUT2D eigenvalue weighted by Gasteiger charge is 2.17. The first kappa shape index (κ1) is 20.3. The summed E-state index contributed by atoms with van der Waals surface area (Å²) in [5, 5.41) is 3.99. The van der Waals surface area contributed by atoms with Crippen LogP contribution in [0.5, 0.6) is 5.75 Å². The molecule has 30 heavy (non-hydrogen) atoms. The van der Waals surface area contributed by atoms with Crippen LogP contribution in [0, 0.1) is 0 Å². The fourth-order valence-corrected chi connectivity index (χ4v) is 3.75. The van der Waals surface area contributed by atoms with E-state index >= 15 is 0 Å². The van der Waals surface area contributed by atoms with E-state index in [0.29, 0.717) is 22.4 Å². The molecule has 4 rings (SSSR count). The van der Waals surface area contributed by atoms with Crippen molar-refractivity contribution in [2.75, 3.05) is 7.11 Å². The van der Waals surface area contributed by atoms with Crippen LogP contribution in [-0.2, 0) is 17.9 Å². The van der Waals surface area contributed by atoms with Gasteiger partial charge in [0, 0.05) is 17.1 Å². The molecule has 0 spiro atoms. The van der Waals surface area contributed by atoms with Crippen LogP contribution in [0.3, 0.4) is 0 Å². The highest BCUT2D eigenvalue weighted by molar-refractivity contribution is 6.36. The van der Waals surface area contributed by atoms with Gasteiger partial charge in [-0.1, -0.05) is 47.5 Å². The molecule has 0 aliphatic carbocycles. The number of nitrogens with zero attached hydrogens (tertiary/aromatic N) is 2. The Bertz CT molecular complexity index is 1200. The van der Waals surface area contributed by atoms with Gasteiger partial charge < -0.3 is 14.6 Å². The molecule has 0 atom stereocenters. The minimum absolute atomic E-state index is 0.116. The van der Waals surface area contributed by atoms with Crippen LogP contribution in [0.15, 0.2) is 66.7 Å². The van der Waals surface area contributed by atoms with Crippen LogP contribution < -0.4 is 10.1 Å². The van der Waals surface area contributed by atoms with Gasteiger partial charge in [-0.15, -0.1) is 0 Å². The zero-order valence-electron chi connectivity index (χ0n) is 16.2. The fraction of sp³-hybridized carbons (Fsp3) is 0.130. The Labute approximate surface area is 184 Å². The second-order valence-corrected chi connectivity index (χ2v) is 7.60. The Morgan fingerprint density at radius 1 is 1.07 bits per heavy atom. The molecule has 5 nitrogen and oxygen atoms in total. The number of benzene rings is 3. The molecule has 0 aliphatic heterocycles. The van der Waals surface area contributed by atoms with E-state index in [2.05, 4.69) is 5.32 Å². The van der Waals surface area contributed by atoms with Crippen LogP contribution >= 0.6 is 23.2 Å². The molecule has 4 aromatic rings. The summed E-state index contributed by atoms with van der Waals surface area (Å²) in [5.41, 5.74) is 3.36. The third-order valence-corrected chi connectivity index (χ3v) is 5.32. The third kappa shape index (κ3) is 4.27. The number of carbonyl (C=O) groups excluding carboxylic acids is 1. The Morgan fingerprint density at radius 3 is 2.57 bits per heavy atom. The topological polar surface area (TPSA) is 56.1 Å². The van der Waals surface area contributed by atoms with E-state index in [4.69, 9.17) is 32.9 Å². The van der Waals surface area contributed by atoms with Crippen LogP contribution in [-0.4, -0.2) is 22.6 Å². The highest BCUT2D eigenvalue weighted by Crippen LogP contribution is 2.32. The predicted molar refractivity (Wildman–Crippen MR) is 120 cm³/mol. The molecule has 0 saturated heterocycles. The summed E-state index contributed by atoms with van der Waals surface area (Å²) < 4.78 is 7.03. The minimum Gasteiger partial charge on any atom is -0.497 e. The smallest absolute Gasteiger partial charge is 0.240 e. The van der Waals surface area contributed by atoms with Crippen molar-refractivity contribution >= 4 is 40.1 Å². The quantitative estimate of drug-likeness (QED) is 0.441. The first-order valence-electron chi connectivity index (χ1n) is 9.35. The van der Waals surface area contributed by atoms with Crippen molar-refractivity contribution in [2.24, 2.45) is 0 Å². The number of halogens is 2. The van der Waals surface area contributed by atoms with Crippen LogP contribution in [0.25, 0.3) is 22.4 Å². The largest absolute Gasteiger partial charge is 0.497 e. The SMILES string of the molecule is COc1ccc(CNC(=O)Cn2c(-c3ccc(Cl)cc3Cl)nc3ccccc32)cc1. The number of nitrogens with one attached hydrogen (secondary N) is 1. The lowest BCUT2D eigenvalue weighted by Crippen LogP contribution is -2.27. The molecule has 1 amide bonds. The van der Waals surface area contributed by atoms with Gasteiger partial charge in [-0.2, -0.15) is 0 Å². The molecule has 0 aliphatic rings. The normalized spacial score (nSPS) is 10.9. The number of imidazole rings is 1. The number of aromatic nitrogens is 2. The summed E-state index contributed by atoms with van der Waals surface area (Å²) >= 11 is 12.5. The van der Waals surface area contributed by atoms with Gasteiger partial charge in [-0.3, -0.25) is 4.79 Å². The summed E-state index contributed by atoms with van der Waals surface area (Å²) in [5.74, 6) is 1.28. The van der Waals surface area contributed by atoms with E-state index in [1.54, 1.807) is 19.2 Å². The van der Waals surface area contributed by atoms with Crippen molar-refractivity contribution in [3.05, 3.63) is 82.3 Å². The Morgan fingerprint density at radius 2 is 1.83 bits per heavy atom. The zero-order chi connectivity index (χ0) is 21.1. The second kappa shape index (κ2) is 8.78. The van der Waals surface area contributed by atoms with Gasteiger partial charge in [0.25, 0.3) is 0 Å². The summed E-state index contributed by atoms with van der Waals surface area (Å²) in [6.45, 7) is 0.539. The fourth-order valence-electron chi connectivity index (χ4n) is 3.26. The Kier molecular flexibility index (Phi) is 5.93. The van der Waals surface area contributed by atoms with Crippen molar-refractivity contribution in [2.45, 2.75) is 13.1 Å². The van der Waals surface area contributed by atoms with E-state index in [1.165, 1.54) is 0 Å². The van der Waals surface area contributed by atoms with Gasteiger partial charge in [-0.05, 0) is 48.0 Å². The standard InChI is InChI=1S/C23H19Cl2N3O2/c1-30-17-9-6-15(7-10-17)13-26-22(29)14-28-21-5-3-2-4-20(21)27-23(28)18-11-8-16(24)12-19(18)25/h2-12H,13-14H2,1H3,(H,26,29). The van der Waals surface area contributed by atoms with Gasteiger partial charge >= 0.3 is 0 Å². The summed E-state index contributed by atoms with van der Waals surface area (Å²) in [6.07, 6.45) is 0. The molecule has 152 valence electrons. The lowest BCUT2D eigenvalue weighted by Gasteiger charge is -2.11. The molecule has 0 bridgehead atoms. The molecule has 0 saturated carbocycles. The number of methoxy groups -OCH3 is 1. The molecule has 0 fully saturated rings. The Balaban J connectivity index is 1.60. The van der Waals surface area contributed by atoms with E-state index in [-0.39, 0.29) is 12.5 Å². The molecular weight excluding hydrogens is 421 g/mol. The molecule has 1 aromatic heterocycles. The predicted octanol–water partition coefficient (Wildman–Crippen LogP) is 5.34. The van der Waals surface area contributed by atoms with E-state index in [0.717, 1.165) is 27.9 Å². The number of hydrogen-bond donors (Lipinski definition) is 1. The lowest BCUT2D eigenvalue weighted by molar-refractivity contribution is -0.121.